The van der Waals surface area contributed by atoms with E-state index in [-0.39, 0.29) is 17.6 Å². The fourth-order valence-corrected chi connectivity index (χ4v) is 2.50. The molecule has 5 heteroatoms. The van der Waals surface area contributed by atoms with Crippen LogP contribution in [0.3, 0.4) is 0 Å². The van der Waals surface area contributed by atoms with E-state index in [4.69, 9.17) is 0 Å². The zero-order chi connectivity index (χ0) is 17.8. The maximum atomic E-state index is 12.7. The maximum absolute atomic E-state index is 12.7. The van der Waals surface area contributed by atoms with Gasteiger partial charge in [-0.3, -0.25) is 14.7 Å². The van der Waals surface area contributed by atoms with Gasteiger partial charge in [-0.25, -0.2) is 0 Å². The first-order valence-corrected chi connectivity index (χ1v) is 8.11. The van der Waals surface area contributed by atoms with E-state index in [1.165, 1.54) is 0 Å². The molecule has 0 aliphatic heterocycles. The van der Waals surface area contributed by atoms with E-state index >= 15 is 0 Å². The first kappa shape index (κ1) is 16.6. The minimum Gasteiger partial charge on any atom is -0.305 e. The smallest absolute Gasteiger partial charge is 0.257 e. The molecule has 0 fully saturated rings. The van der Waals surface area contributed by atoms with Crippen LogP contribution >= 0.6 is 0 Å². The van der Waals surface area contributed by atoms with Gasteiger partial charge < -0.3 is 5.32 Å². The van der Waals surface area contributed by atoms with Crippen LogP contribution < -0.4 is 5.32 Å². The van der Waals surface area contributed by atoms with Crippen molar-refractivity contribution < 1.29 is 9.59 Å². The van der Waals surface area contributed by atoms with Gasteiger partial charge in [0.25, 0.3) is 5.91 Å². The summed E-state index contributed by atoms with van der Waals surface area (Å²) in [6.45, 7) is 4.07. The first-order valence-electron chi connectivity index (χ1n) is 8.11. The molecule has 0 saturated heterocycles. The normalized spacial score (nSPS) is 10.7. The van der Waals surface area contributed by atoms with Gasteiger partial charge in [-0.1, -0.05) is 62.4 Å². The van der Waals surface area contributed by atoms with Crippen LogP contribution in [0.1, 0.15) is 51.7 Å². The van der Waals surface area contributed by atoms with Crippen molar-refractivity contribution in [1.29, 1.82) is 0 Å². The largest absolute Gasteiger partial charge is 0.305 e. The van der Waals surface area contributed by atoms with Gasteiger partial charge in [-0.05, 0) is 12.0 Å². The molecule has 0 aliphatic carbocycles. The topological polar surface area (TPSA) is 74.8 Å². The molecule has 25 heavy (non-hydrogen) atoms. The minimum atomic E-state index is -0.360. The van der Waals surface area contributed by atoms with Crippen molar-refractivity contribution in [2.45, 2.75) is 19.8 Å². The average Bonchev–Trinajstić information content (AvgIpc) is 3.10. The molecule has 0 atom stereocenters. The van der Waals surface area contributed by atoms with E-state index in [0.29, 0.717) is 22.5 Å². The number of carbonyl (C=O) groups excluding carboxylic acids is 2. The quantitative estimate of drug-likeness (QED) is 0.693. The third-order valence-electron chi connectivity index (χ3n) is 3.91. The molecular weight excluding hydrogens is 314 g/mol. The summed E-state index contributed by atoms with van der Waals surface area (Å²) in [5.74, 6) is 0.179. The predicted octanol–water partition coefficient (Wildman–Crippen LogP) is 4.02. The molecule has 0 bridgehead atoms. The summed E-state index contributed by atoms with van der Waals surface area (Å²) in [7, 11) is 0. The highest BCUT2D eigenvalue weighted by atomic mass is 16.2. The Kier molecular flexibility index (Phi) is 4.75. The average molecular weight is 333 g/mol. The Hall–Kier alpha value is -3.21. The standard InChI is InChI=1S/C20H19N3O2/c1-13(2)17-12-18(23-22-17)21-20(25)16-11-7-6-10-15(16)19(24)14-8-4-3-5-9-14/h3-13H,1-2H3,(H2,21,22,23,25). The maximum Gasteiger partial charge on any atom is 0.257 e. The van der Waals surface area contributed by atoms with Crippen molar-refractivity contribution in [3.05, 3.63) is 83.0 Å². The van der Waals surface area contributed by atoms with Crippen LogP contribution in [0.25, 0.3) is 0 Å². The number of benzene rings is 2. The monoisotopic (exact) mass is 333 g/mol. The van der Waals surface area contributed by atoms with Gasteiger partial charge in [0.2, 0.25) is 0 Å². The Bertz CT molecular complexity index is 898. The van der Waals surface area contributed by atoms with Gasteiger partial charge in [0, 0.05) is 22.9 Å². The fraction of sp³-hybridized carbons (Fsp3) is 0.150. The van der Waals surface area contributed by atoms with Crippen LogP contribution in [-0.4, -0.2) is 21.9 Å². The molecule has 0 spiro atoms. The second kappa shape index (κ2) is 7.13. The molecule has 5 nitrogen and oxygen atoms in total. The van der Waals surface area contributed by atoms with E-state index in [1.54, 1.807) is 54.6 Å². The number of nitrogens with one attached hydrogen (secondary N) is 2. The molecule has 2 aromatic carbocycles. The summed E-state index contributed by atoms with van der Waals surface area (Å²) in [6, 6.07) is 17.5. The molecule has 2 N–H and O–H groups in total. The number of aromatic amines is 1. The SMILES string of the molecule is CC(C)c1cc(NC(=O)c2ccccc2C(=O)c2ccccc2)n[nH]1. The van der Waals surface area contributed by atoms with Gasteiger partial charge >= 0.3 is 0 Å². The van der Waals surface area contributed by atoms with Crippen molar-refractivity contribution in [3.63, 3.8) is 0 Å². The third-order valence-corrected chi connectivity index (χ3v) is 3.91. The Morgan fingerprint density at radius 1 is 0.960 bits per heavy atom. The highest BCUT2D eigenvalue weighted by Gasteiger charge is 2.18. The number of carbonyl (C=O) groups is 2. The zero-order valence-corrected chi connectivity index (χ0v) is 14.1. The molecule has 1 heterocycles. The van der Waals surface area contributed by atoms with Crippen molar-refractivity contribution in [2.75, 3.05) is 5.32 Å². The molecule has 1 amide bonds. The lowest BCUT2D eigenvalue weighted by molar-refractivity contribution is 0.0996. The van der Waals surface area contributed by atoms with E-state index in [1.807, 2.05) is 19.9 Å². The van der Waals surface area contributed by atoms with Gasteiger partial charge in [0.05, 0.1) is 5.56 Å². The Morgan fingerprint density at radius 2 is 1.60 bits per heavy atom. The van der Waals surface area contributed by atoms with Crippen molar-refractivity contribution in [2.24, 2.45) is 0 Å². The number of anilines is 1. The van der Waals surface area contributed by atoms with Gasteiger partial charge in [0.1, 0.15) is 0 Å². The number of ketones is 1. The van der Waals surface area contributed by atoms with Gasteiger partial charge in [-0.2, -0.15) is 5.10 Å². The van der Waals surface area contributed by atoms with E-state index in [0.717, 1.165) is 5.69 Å². The molecule has 3 aromatic rings. The van der Waals surface area contributed by atoms with Crippen LogP contribution in [-0.2, 0) is 0 Å². The molecule has 0 unspecified atom stereocenters. The number of rotatable bonds is 5. The lowest BCUT2D eigenvalue weighted by atomic mass is 9.98. The van der Waals surface area contributed by atoms with Crippen molar-refractivity contribution >= 4 is 17.5 Å². The lowest BCUT2D eigenvalue weighted by Gasteiger charge is -2.08. The minimum absolute atomic E-state index is 0.184. The van der Waals surface area contributed by atoms with E-state index in [2.05, 4.69) is 15.5 Å². The summed E-state index contributed by atoms with van der Waals surface area (Å²) >= 11 is 0. The van der Waals surface area contributed by atoms with Gasteiger partial charge in [0.15, 0.2) is 11.6 Å². The second-order valence-electron chi connectivity index (χ2n) is 6.06. The third kappa shape index (κ3) is 3.66. The van der Waals surface area contributed by atoms with Crippen LogP contribution in [0.2, 0.25) is 0 Å². The summed E-state index contributed by atoms with van der Waals surface area (Å²) in [5.41, 5.74) is 2.17. The van der Waals surface area contributed by atoms with Crippen LogP contribution in [0.4, 0.5) is 5.82 Å². The number of hydrogen-bond acceptors (Lipinski definition) is 3. The Morgan fingerprint density at radius 3 is 2.24 bits per heavy atom. The summed E-state index contributed by atoms with van der Waals surface area (Å²) in [4.78, 5) is 25.3. The molecular formula is C20H19N3O2. The fourth-order valence-electron chi connectivity index (χ4n) is 2.50. The summed E-state index contributed by atoms with van der Waals surface area (Å²) in [6.07, 6.45) is 0. The molecule has 3 rings (SSSR count). The number of amides is 1. The van der Waals surface area contributed by atoms with E-state index < -0.39 is 0 Å². The molecule has 1 aromatic heterocycles. The number of hydrogen-bond donors (Lipinski definition) is 2. The summed E-state index contributed by atoms with van der Waals surface area (Å²) in [5, 5.41) is 9.73. The molecule has 126 valence electrons. The Labute approximate surface area is 146 Å². The second-order valence-corrected chi connectivity index (χ2v) is 6.06. The number of aromatic nitrogens is 2. The van der Waals surface area contributed by atoms with Crippen molar-refractivity contribution in [1.82, 2.24) is 10.2 Å². The van der Waals surface area contributed by atoms with Gasteiger partial charge in [-0.15, -0.1) is 0 Å². The number of H-pyrrole nitrogens is 1. The summed E-state index contributed by atoms with van der Waals surface area (Å²) < 4.78 is 0. The molecule has 0 radical (unpaired) electrons. The van der Waals surface area contributed by atoms with Crippen molar-refractivity contribution in [3.8, 4) is 0 Å². The van der Waals surface area contributed by atoms with Crippen LogP contribution in [0, 0.1) is 0 Å². The van der Waals surface area contributed by atoms with E-state index in [9.17, 15) is 9.59 Å². The van der Waals surface area contributed by atoms with Crippen LogP contribution in [0.5, 0.6) is 0 Å². The number of nitrogens with zero attached hydrogens (tertiary/aromatic N) is 1. The zero-order valence-electron chi connectivity index (χ0n) is 14.1. The first-order chi connectivity index (χ1) is 12.1. The molecule has 0 aliphatic rings. The highest BCUT2D eigenvalue weighted by molar-refractivity contribution is 6.17. The van der Waals surface area contributed by atoms with Crippen LogP contribution in [0.15, 0.2) is 60.7 Å². The predicted molar refractivity (Wildman–Crippen MR) is 96.9 cm³/mol. The lowest BCUT2D eigenvalue weighted by Crippen LogP contribution is -2.17. The molecule has 0 saturated carbocycles. The Balaban J connectivity index is 1.87. The highest BCUT2D eigenvalue weighted by Crippen LogP contribution is 2.18.